The van der Waals surface area contributed by atoms with E-state index < -0.39 is 17.7 Å². The van der Waals surface area contributed by atoms with Gasteiger partial charge >= 0.3 is 0 Å². The molecule has 1 aromatic heterocycles. The number of aliphatic hydroxyl groups excluding tert-OH is 1. The number of thiophene rings is 1. The molecule has 0 aliphatic carbocycles. The van der Waals surface area contributed by atoms with Gasteiger partial charge in [-0.1, -0.05) is 19.9 Å². The number of carbonyl (C=O) groups excluding carboxylic acids is 2. The maximum absolute atomic E-state index is 12.9. The van der Waals surface area contributed by atoms with E-state index in [1.807, 2.05) is 17.5 Å². The van der Waals surface area contributed by atoms with E-state index >= 15 is 0 Å². The number of likely N-dealkylation sites (tertiary alicyclic amines) is 1. The molecule has 0 unspecified atom stereocenters. The smallest absolute Gasteiger partial charge is 0.295 e. The predicted molar refractivity (Wildman–Crippen MR) is 114 cm³/mol. The fourth-order valence-corrected chi connectivity index (χ4v) is 4.39. The number of aliphatic hydroxyl groups is 1. The Morgan fingerprint density at radius 2 is 1.86 bits per heavy atom. The predicted octanol–water partition coefficient (Wildman–Crippen LogP) is 3.52. The summed E-state index contributed by atoms with van der Waals surface area (Å²) < 4.78 is 5.16. The van der Waals surface area contributed by atoms with Crippen LogP contribution in [0.4, 0.5) is 0 Å². The highest BCUT2D eigenvalue weighted by Crippen LogP contribution is 2.41. The number of ketones is 1. The first kappa shape index (κ1) is 21.1. The van der Waals surface area contributed by atoms with Crippen molar-refractivity contribution in [2.24, 2.45) is 0 Å². The average molecular weight is 415 g/mol. The van der Waals surface area contributed by atoms with Crippen LogP contribution >= 0.6 is 11.3 Å². The molecule has 154 valence electrons. The molecule has 2 aromatic rings. The fourth-order valence-electron chi connectivity index (χ4n) is 3.55. The zero-order chi connectivity index (χ0) is 21.0. The van der Waals surface area contributed by atoms with Crippen molar-refractivity contribution >= 4 is 28.8 Å². The van der Waals surface area contributed by atoms with Crippen LogP contribution in [0.15, 0.2) is 47.4 Å². The highest BCUT2D eigenvalue weighted by Gasteiger charge is 2.46. The zero-order valence-corrected chi connectivity index (χ0v) is 17.7. The third kappa shape index (κ3) is 4.21. The van der Waals surface area contributed by atoms with Crippen molar-refractivity contribution in [3.63, 3.8) is 0 Å². The van der Waals surface area contributed by atoms with Crippen LogP contribution in [0.25, 0.3) is 5.76 Å². The Kier molecular flexibility index (Phi) is 6.71. The number of Topliss-reactive ketones (excluding diaryl/α,β-unsaturated/α-hetero) is 1. The highest BCUT2D eigenvalue weighted by atomic mass is 32.1. The second kappa shape index (κ2) is 9.24. The van der Waals surface area contributed by atoms with Crippen molar-refractivity contribution in [1.82, 2.24) is 9.80 Å². The van der Waals surface area contributed by atoms with Gasteiger partial charge in [0.05, 0.1) is 18.7 Å². The topological polar surface area (TPSA) is 70.1 Å². The lowest BCUT2D eigenvalue weighted by atomic mass is 10.00. The molecule has 29 heavy (non-hydrogen) atoms. The first-order valence-corrected chi connectivity index (χ1v) is 10.6. The number of nitrogens with zero attached hydrogens (tertiary/aromatic N) is 2. The zero-order valence-electron chi connectivity index (χ0n) is 16.9. The van der Waals surface area contributed by atoms with Crippen molar-refractivity contribution < 1.29 is 19.4 Å². The monoisotopic (exact) mass is 414 g/mol. The van der Waals surface area contributed by atoms with Crippen molar-refractivity contribution in [2.75, 3.05) is 33.3 Å². The number of hydrogen-bond acceptors (Lipinski definition) is 6. The van der Waals surface area contributed by atoms with E-state index in [9.17, 15) is 14.7 Å². The first-order valence-electron chi connectivity index (χ1n) is 9.70. The lowest BCUT2D eigenvalue weighted by Crippen LogP contribution is -2.37. The molecule has 1 aliphatic rings. The summed E-state index contributed by atoms with van der Waals surface area (Å²) in [5, 5.41) is 12.9. The van der Waals surface area contributed by atoms with Gasteiger partial charge in [-0.05, 0) is 48.8 Å². The lowest BCUT2D eigenvalue weighted by molar-refractivity contribution is -0.140. The van der Waals surface area contributed by atoms with E-state index in [1.165, 1.54) is 11.3 Å². The summed E-state index contributed by atoms with van der Waals surface area (Å²) >= 11 is 1.47. The Hall–Kier alpha value is -2.64. The van der Waals surface area contributed by atoms with Gasteiger partial charge in [0.2, 0.25) is 0 Å². The normalized spacial score (nSPS) is 18.6. The van der Waals surface area contributed by atoms with Gasteiger partial charge in [0.1, 0.15) is 11.5 Å². The van der Waals surface area contributed by atoms with Gasteiger partial charge in [0.15, 0.2) is 0 Å². The number of carbonyl (C=O) groups is 2. The molecule has 1 saturated heterocycles. The minimum atomic E-state index is -0.642. The van der Waals surface area contributed by atoms with Crippen LogP contribution in [0, 0.1) is 0 Å². The van der Waals surface area contributed by atoms with Gasteiger partial charge in [-0.15, -0.1) is 11.3 Å². The molecule has 1 fully saturated rings. The summed E-state index contributed by atoms with van der Waals surface area (Å²) in [5.74, 6) is -0.715. The van der Waals surface area contributed by atoms with Crippen molar-refractivity contribution in [1.29, 1.82) is 0 Å². The van der Waals surface area contributed by atoms with Gasteiger partial charge in [0.25, 0.3) is 11.7 Å². The van der Waals surface area contributed by atoms with Crippen molar-refractivity contribution in [3.05, 3.63) is 57.8 Å². The summed E-state index contributed by atoms with van der Waals surface area (Å²) in [6, 6.07) is 10.0. The third-order valence-corrected chi connectivity index (χ3v) is 6.19. The van der Waals surface area contributed by atoms with Gasteiger partial charge in [-0.25, -0.2) is 0 Å². The highest BCUT2D eigenvalue weighted by molar-refractivity contribution is 7.10. The molecule has 1 aliphatic heterocycles. The summed E-state index contributed by atoms with van der Waals surface area (Å²) in [4.78, 5) is 30.4. The van der Waals surface area contributed by atoms with Crippen LogP contribution in [-0.4, -0.2) is 59.9 Å². The van der Waals surface area contributed by atoms with Crippen LogP contribution in [0.5, 0.6) is 5.75 Å². The van der Waals surface area contributed by atoms with E-state index in [1.54, 1.807) is 36.3 Å². The van der Waals surface area contributed by atoms with Crippen LogP contribution in [-0.2, 0) is 9.59 Å². The molecular weight excluding hydrogens is 388 g/mol. The van der Waals surface area contributed by atoms with Crippen LogP contribution in [0.1, 0.15) is 30.3 Å². The van der Waals surface area contributed by atoms with E-state index in [2.05, 4.69) is 18.7 Å². The Balaban J connectivity index is 2.02. The van der Waals surface area contributed by atoms with Gasteiger partial charge in [-0.3, -0.25) is 9.59 Å². The largest absolute Gasteiger partial charge is 0.507 e. The van der Waals surface area contributed by atoms with Gasteiger partial charge in [0, 0.05) is 23.5 Å². The fraction of sp³-hybridized carbons (Fsp3) is 0.364. The van der Waals surface area contributed by atoms with Crippen molar-refractivity contribution in [2.45, 2.75) is 19.9 Å². The number of hydrogen-bond donors (Lipinski definition) is 1. The van der Waals surface area contributed by atoms with E-state index in [0.29, 0.717) is 24.4 Å². The Morgan fingerprint density at radius 1 is 1.17 bits per heavy atom. The van der Waals surface area contributed by atoms with Crippen LogP contribution < -0.4 is 4.74 Å². The lowest BCUT2D eigenvalue weighted by Gasteiger charge is -2.27. The average Bonchev–Trinajstić information content (AvgIpc) is 3.36. The third-order valence-electron chi connectivity index (χ3n) is 5.27. The molecule has 0 spiro atoms. The molecule has 0 saturated carbocycles. The van der Waals surface area contributed by atoms with Gasteiger partial charge < -0.3 is 19.6 Å². The maximum atomic E-state index is 12.9. The number of rotatable bonds is 8. The SMILES string of the molecule is CCN(CC)CCN1C(=O)C(=O)/C(=C(/O)c2ccc(OC)cc2)[C@H]1c1cccs1. The Labute approximate surface area is 175 Å². The first-order chi connectivity index (χ1) is 14.0. The molecule has 3 rings (SSSR count). The van der Waals surface area contributed by atoms with E-state index in [4.69, 9.17) is 4.74 Å². The minimum absolute atomic E-state index is 0.141. The summed E-state index contributed by atoms with van der Waals surface area (Å²) in [7, 11) is 1.56. The standard InChI is InChI=1S/C22H26N2O4S/c1-4-23(5-2)12-13-24-19(17-7-6-14-29-17)18(21(26)22(24)27)20(25)15-8-10-16(28-3)11-9-15/h6-11,14,19,25H,4-5,12-13H2,1-3H3/b20-18+/t19-/m1/s1. The second-order valence-electron chi connectivity index (χ2n) is 6.76. The number of likely N-dealkylation sites (N-methyl/N-ethyl adjacent to an activating group) is 1. The molecule has 1 N–H and O–H groups in total. The van der Waals surface area contributed by atoms with E-state index in [0.717, 1.165) is 18.0 Å². The molecular formula is C22H26N2O4S. The quantitative estimate of drug-likeness (QED) is 0.407. The molecule has 1 amide bonds. The van der Waals surface area contributed by atoms with E-state index in [-0.39, 0.29) is 11.3 Å². The molecule has 6 nitrogen and oxygen atoms in total. The summed E-state index contributed by atoms with van der Waals surface area (Å²) in [5.41, 5.74) is 0.622. The molecule has 1 atom stereocenters. The van der Waals surface area contributed by atoms with Crippen LogP contribution in [0.2, 0.25) is 0 Å². The number of benzene rings is 1. The van der Waals surface area contributed by atoms with Crippen LogP contribution in [0.3, 0.4) is 0 Å². The summed E-state index contributed by atoms with van der Waals surface area (Å²) in [6.07, 6.45) is 0. The molecule has 1 aromatic carbocycles. The summed E-state index contributed by atoms with van der Waals surface area (Å²) in [6.45, 7) is 6.97. The maximum Gasteiger partial charge on any atom is 0.295 e. The molecule has 0 radical (unpaired) electrons. The van der Waals surface area contributed by atoms with Crippen molar-refractivity contribution in [3.8, 4) is 5.75 Å². The Bertz CT molecular complexity index is 886. The van der Waals surface area contributed by atoms with Gasteiger partial charge in [-0.2, -0.15) is 0 Å². The second-order valence-corrected chi connectivity index (χ2v) is 7.74. The number of amides is 1. The minimum Gasteiger partial charge on any atom is -0.507 e. The molecule has 2 heterocycles. The molecule has 7 heteroatoms. The Morgan fingerprint density at radius 3 is 2.41 bits per heavy atom. The number of methoxy groups -OCH3 is 1. The molecule has 0 bridgehead atoms. The number of ether oxygens (including phenoxy) is 1.